The van der Waals surface area contributed by atoms with Gasteiger partial charge in [-0.3, -0.25) is 4.99 Å². The number of aromatic nitrogens is 1. The summed E-state index contributed by atoms with van der Waals surface area (Å²) in [5, 5.41) is 6.78. The SMILES string of the molecule is CCCCOc1cccc(CNC(=NC)NC2CCN(c3ncccc3F)C2)c1.I. The van der Waals surface area contributed by atoms with Crippen molar-refractivity contribution in [3.05, 3.63) is 54.0 Å². The van der Waals surface area contributed by atoms with Crippen molar-refractivity contribution < 1.29 is 9.13 Å². The second-order valence-corrected chi connectivity index (χ2v) is 7.16. The van der Waals surface area contributed by atoms with Gasteiger partial charge in [0.15, 0.2) is 17.6 Å². The summed E-state index contributed by atoms with van der Waals surface area (Å²) in [5.74, 6) is 1.76. The number of unbranched alkanes of at least 4 members (excludes halogenated alkanes) is 1. The van der Waals surface area contributed by atoms with Gasteiger partial charge >= 0.3 is 0 Å². The highest BCUT2D eigenvalue weighted by Gasteiger charge is 2.25. The van der Waals surface area contributed by atoms with Crippen LogP contribution in [-0.2, 0) is 6.54 Å². The smallest absolute Gasteiger partial charge is 0.191 e. The molecule has 1 aromatic carbocycles. The lowest BCUT2D eigenvalue weighted by Gasteiger charge is -2.20. The van der Waals surface area contributed by atoms with E-state index in [4.69, 9.17) is 4.74 Å². The van der Waals surface area contributed by atoms with Crippen LogP contribution in [0.4, 0.5) is 10.2 Å². The molecule has 164 valence electrons. The molecule has 0 amide bonds. The molecule has 3 rings (SSSR count). The Kier molecular flexibility index (Phi) is 10.1. The number of aliphatic imine (C=N–C) groups is 1. The molecule has 0 radical (unpaired) electrons. The zero-order valence-electron chi connectivity index (χ0n) is 17.6. The van der Waals surface area contributed by atoms with Crippen LogP contribution < -0.4 is 20.3 Å². The van der Waals surface area contributed by atoms with Gasteiger partial charge in [0.1, 0.15) is 5.75 Å². The molecule has 1 aliphatic heterocycles. The highest BCUT2D eigenvalue weighted by molar-refractivity contribution is 14.0. The van der Waals surface area contributed by atoms with Gasteiger partial charge in [0.05, 0.1) is 6.61 Å². The molecule has 1 aromatic heterocycles. The number of anilines is 1. The Morgan fingerprint density at radius 3 is 2.97 bits per heavy atom. The minimum absolute atomic E-state index is 0. The second-order valence-electron chi connectivity index (χ2n) is 7.16. The van der Waals surface area contributed by atoms with E-state index in [9.17, 15) is 4.39 Å². The predicted molar refractivity (Wildman–Crippen MR) is 130 cm³/mol. The van der Waals surface area contributed by atoms with Gasteiger partial charge in [-0.1, -0.05) is 25.5 Å². The van der Waals surface area contributed by atoms with Gasteiger partial charge in [0.25, 0.3) is 0 Å². The maximum absolute atomic E-state index is 14.0. The third-order valence-corrected chi connectivity index (χ3v) is 4.92. The van der Waals surface area contributed by atoms with Gasteiger partial charge in [0, 0.05) is 38.9 Å². The fourth-order valence-electron chi connectivity index (χ4n) is 3.33. The second kappa shape index (κ2) is 12.6. The summed E-state index contributed by atoms with van der Waals surface area (Å²) < 4.78 is 19.7. The summed E-state index contributed by atoms with van der Waals surface area (Å²) in [6.07, 6.45) is 4.70. The molecular formula is C22H31FIN5O. The van der Waals surface area contributed by atoms with Crippen LogP contribution in [0.2, 0.25) is 0 Å². The fourth-order valence-corrected chi connectivity index (χ4v) is 3.33. The molecule has 0 bridgehead atoms. The quantitative estimate of drug-likeness (QED) is 0.236. The van der Waals surface area contributed by atoms with E-state index in [0.29, 0.717) is 18.9 Å². The Hall–Kier alpha value is -2.10. The maximum atomic E-state index is 14.0. The first-order valence-electron chi connectivity index (χ1n) is 10.2. The van der Waals surface area contributed by atoms with Crippen molar-refractivity contribution in [3.63, 3.8) is 0 Å². The first-order valence-corrected chi connectivity index (χ1v) is 10.2. The van der Waals surface area contributed by atoms with E-state index < -0.39 is 0 Å². The highest BCUT2D eigenvalue weighted by atomic mass is 127. The first-order chi connectivity index (χ1) is 14.2. The topological polar surface area (TPSA) is 61.8 Å². The molecule has 2 N–H and O–H groups in total. The van der Waals surface area contributed by atoms with Crippen LogP contribution in [0.1, 0.15) is 31.7 Å². The van der Waals surface area contributed by atoms with Crippen molar-refractivity contribution in [1.82, 2.24) is 15.6 Å². The monoisotopic (exact) mass is 527 g/mol. The number of rotatable bonds is 8. The van der Waals surface area contributed by atoms with Crippen molar-refractivity contribution in [2.24, 2.45) is 4.99 Å². The number of nitrogens with zero attached hydrogens (tertiary/aromatic N) is 3. The number of hydrogen-bond acceptors (Lipinski definition) is 4. The highest BCUT2D eigenvalue weighted by Crippen LogP contribution is 2.20. The van der Waals surface area contributed by atoms with Gasteiger partial charge in [-0.15, -0.1) is 24.0 Å². The average molecular weight is 527 g/mol. The number of benzene rings is 1. The molecular weight excluding hydrogens is 496 g/mol. The molecule has 1 fully saturated rings. The summed E-state index contributed by atoms with van der Waals surface area (Å²) in [6, 6.07) is 11.3. The lowest BCUT2D eigenvalue weighted by atomic mass is 10.2. The fraction of sp³-hybridized carbons (Fsp3) is 0.455. The predicted octanol–water partition coefficient (Wildman–Crippen LogP) is 3.96. The van der Waals surface area contributed by atoms with Crippen LogP contribution in [0.3, 0.4) is 0 Å². The Labute approximate surface area is 195 Å². The lowest BCUT2D eigenvalue weighted by Crippen LogP contribution is -2.44. The number of pyridine rings is 1. The summed E-state index contributed by atoms with van der Waals surface area (Å²) in [5.41, 5.74) is 1.13. The Balaban J connectivity index is 0.00000320. The van der Waals surface area contributed by atoms with Gasteiger partial charge < -0.3 is 20.3 Å². The van der Waals surface area contributed by atoms with Crippen LogP contribution in [0.5, 0.6) is 5.75 Å². The van der Waals surface area contributed by atoms with Crippen LogP contribution >= 0.6 is 24.0 Å². The molecule has 1 unspecified atom stereocenters. The third-order valence-electron chi connectivity index (χ3n) is 4.92. The minimum Gasteiger partial charge on any atom is -0.494 e. The molecule has 6 nitrogen and oxygen atoms in total. The molecule has 30 heavy (non-hydrogen) atoms. The van der Waals surface area contributed by atoms with E-state index in [1.54, 1.807) is 19.3 Å². The lowest BCUT2D eigenvalue weighted by molar-refractivity contribution is 0.309. The summed E-state index contributed by atoms with van der Waals surface area (Å²) >= 11 is 0. The molecule has 2 heterocycles. The van der Waals surface area contributed by atoms with Crippen LogP contribution in [0, 0.1) is 5.82 Å². The molecule has 0 aliphatic carbocycles. The van der Waals surface area contributed by atoms with E-state index >= 15 is 0 Å². The number of hydrogen-bond donors (Lipinski definition) is 2. The van der Waals surface area contributed by atoms with Gasteiger partial charge in [0.2, 0.25) is 0 Å². The van der Waals surface area contributed by atoms with E-state index in [1.807, 2.05) is 17.0 Å². The standard InChI is InChI=1S/C22H30FN5O.HI/c1-3-4-13-29-19-8-5-7-17(14-19)15-26-22(24-2)27-18-10-12-28(16-18)21-20(23)9-6-11-25-21;/h5-9,11,14,18H,3-4,10,12-13,15-16H2,1-2H3,(H2,24,26,27);1H. The summed E-state index contributed by atoms with van der Waals surface area (Å²) in [4.78, 5) is 10.5. The van der Waals surface area contributed by atoms with Crippen LogP contribution in [0.25, 0.3) is 0 Å². The molecule has 2 aromatic rings. The van der Waals surface area contributed by atoms with Gasteiger partial charge in [-0.05, 0) is 42.7 Å². The number of guanidine groups is 1. The molecule has 1 aliphatic rings. The van der Waals surface area contributed by atoms with Crippen LogP contribution in [-0.4, -0.2) is 43.7 Å². The Morgan fingerprint density at radius 2 is 2.20 bits per heavy atom. The Bertz CT molecular complexity index is 820. The number of ether oxygens (including phenoxy) is 1. The number of nitrogens with one attached hydrogen (secondary N) is 2. The van der Waals surface area contributed by atoms with E-state index in [-0.39, 0.29) is 35.8 Å². The van der Waals surface area contributed by atoms with Gasteiger partial charge in [-0.25, -0.2) is 9.37 Å². The molecule has 0 spiro atoms. The number of halogens is 2. The zero-order valence-corrected chi connectivity index (χ0v) is 19.9. The van der Waals surface area contributed by atoms with Crippen molar-refractivity contribution in [2.45, 2.75) is 38.8 Å². The summed E-state index contributed by atoms with van der Waals surface area (Å²) in [6.45, 7) is 5.00. The zero-order chi connectivity index (χ0) is 20.5. The largest absolute Gasteiger partial charge is 0.494 e. The molecule has 8 heteroatoms. The van der Waals surface area contributed by atoms with E-state index in [0.717, 1.165) is 49.7 Å². The summed E-state index contributed by atoms with van der Waals surface area (Å²) in [7, 11) is 1.75. The molecule has 1 atom stereocenters. The van der Waals surface area contributed by atoms with Gasteiger partial charge in [-0.2, -0.15) is 0 Å². The van der Waals surface area contributed by atoms with Crippen LogP contribution in [0.15, 0.2) is 47.6 Å². The normalized spacial score (nSPS) is 16.2. The maximum Gasteiger partial charge on any atom is 0.191 e. The first kappa shape index (κ1) is 24.2. The van der Waals surface area contributed by atoms with Crippen molar-refractivity contribution in [2.75, 3.05) is 31.6 Å². The minimum atomic E-state index is -0.281. The van der Waals surface area contributed by atoms with Crippen molar-refractivity contribution in [1.29, 1.82) is 0 Å². The molecule has 0 saturated carbocycles. The average Bonchev–Trinajstić information content (AvgIpc) is 3.20. The van der Waals surface area contributed by atoms with Crippen molar-refractivity contribution >= 4 is 35.8 Å². The van der Waals surface area contributed by atoms with E-state index in [2.05, 4.69) is 39.7 Å². The van der Waals surface area contributed by atoms with E-state index in [1.165, 1.54) is 6.07 Å². The van der Waals surface area contributed by atoms with Crippen molar-refractivity contribution in [3.8, 4) is 5.75 Å². The Morgan fingerprint density at radius 1 is 1.33 bits per heavy atom. The molecule has 1 saturated heterocycles. The third kappa shape index (κ3) is 7.00.